The quantitative estimate of drug-likeness (QED) is 0.576. The minimum Gasteiger partial charge on any atom is -0.443 e. The third-order valence-electron chi connectivity index (χ3n) is 5.81. The summed E-state index contributed by atoms with van der Waals surface area (Å²) in [7, 11) is 0. The first kappa shape index (κ1) is 23.8. The molecule has 0 radical (unpaired) electrons. The van der Waals surface area contributed by atoms with Gasteiger partial charge in [0.2, 0.25) is 0 Å². The van der Waals surface area contributed by atoms with Gasteiger partial charge in [0.1, 0.15) is 11.4 Å². The molecule has 0 saturated carbocycles. The molecule has 0 spiro atoms. The number of nitrogens with zero attached hydrogens (tertiary/aromatic N) is 3. The van der Waals surface area contributed by atoms with Crippen LogP contribution in [-0.2, 0) is 4.74 Å². The van der Waals surface area contributed by atoms with Crippen molar-refractivity contribution >= 4 is 17.8 Å². The summed E-state index contributed by atoms with van der Waals surface area (Å²) < 4.78 is 5.62. The van der Waals surface area contributed by atoms with Gasteiger partial charge >= 0.3 is 6.09 Å². The number of benzene rings is 1. The van der Waals surface area contributed by atoms with E-state index < -0.39 is 11.7 Å². The molecule has 172 valence electrons. The summed E-state index contributed by atoms with van der Waals surface area (Å²) in [6.07, 6.45) is 5.16. The molecule has 1 fully saturated rings. The molecular weight excluding hydrogens is 402 g/mol. The van der Waals surface area contributed by atoms with Gasteiger partial charge in [-0.25, -0.2) is 9.78 Å². The Morgan fingerprint density at radius 2 is 1.88 bits per heavy atom. The van der Waals surface area contributed by atoms with Gasteiger partial charge < -0.3 is 9.64 Å². The molecule has 0 unspecified atom stereocenters. The molecule has 2 atom stereocenters. The van der Waals surface area contributed by atoms with Crippen molar-refractivity contribution in [1.29, 1.82) is 0 Å². The molecule has 2 aromatic rings. The van der Waals surface area contributed by atoms with Crippen LogP contribution in [-0.4, -0.2) is 40.1 Å². The summed E-state index contributed by atoms with van der Waals surface area (Å²) >= 11 is 0. The molecule has 1 aromatic carbocycles. The fraction of sp³-hybridized carbons (Fsp3) is 0.500. The first-order chi connectivity index (χ1) is 15.2. The van der Waals surface area contributed by atoms with Gasteiger partial charge in [-0.3, -0.25) is 9.69 Å². The summed E-state index contributed by atoms with van der Waals surface area (Å²) in [5.74, 6) is 0.614. The van der Waals surface area contributed by atoms with E-state index >= 15 is 0 Å². The lowest BCUT2D eigenvalue weighted by Gasteiger charge is -2.36. The second-order valence-corrected chi connectivity index (χ2v) is 9.43. The number of aromatic nitrogens is 1. The third-order valence-corrected chi connectivity index (χ3v) is 5.81. The van der Waals surface area contributed by atoms with E-state index in [1.54, 1.807) is 11.1 Å². The van der Waals surface area contributed by atoms with Crippen LogP contribution in [0.1, 0.15) is 82.3 Å². The van der Waals surface area contributed by atoms with Gasteiger partial charge in [-0.2, -0.15) is 0 Å². The van der Waals surface area contributed by atoms with E-state index in [2.05, 4.69) is 4.98 Å². The van der Waals surface area contributed by atoms with Gasteiger partial charge in [-0.05, 0) is 77.1 Å². The second kappa shape index (κ2) is 10.2. The van der Waals surface area contributed by atoms with Crippen molar-refractivity contribution in [2.45, 2.75) is 78.0 Å². The van der Waals surface area contributed by atoms with Crippen LogP contribution < -0.4 is 4.90 Å². The van der Waals surface area contributed by atoms with Crippen molar-refractivity contribution in [3.05, 3.63) is 59.8 Å². The lowest BCUT2D eigenvalue weighted by molar-refractivity contribution is 0.0565. The van der Waals surface area contributed by atoms with E-state index in [1.165, 1.54) is 0 Å². The van der Waals surface area contributed by atoms with Gasteiger partial charge in [0.05, 0.1) is 6.04 Å². The number of ether oxygens (including phenoxy) is 1. The Bertz CT molecular complexity index is 906. The van der Waals surface area contributed by atoms with E-state index in [0.29, 0.717) is 11.4 Å². The number of piperidine rings is 1. The first-order valence-electron chi connectivity index (χ1n) is 11.6. The normalized spacial score (nSPS) is 17.5. The molecule has 0 N–H and O–H groups in total. The van der Waals surface area contributed by atoms with Crippen LogP contribution in [0.5, 0.6) is 0 Å². The molecule has 3 rings (SSSR count). The minimum atomic E-state index is -0.580. The number of hydrogen-bond donors (Lipinski definition) is 0. The molecule has 2 amide bonds. The predicted octanol–water partition coefficient (Wildman–Crippen LogP) is 5.99. The number of amides is 2. The molecule has 1 aliphatic rings. The maximum atomic E-state index is 13.1. The zero-order valence-electron chi connectivity index (χ0n) is 19.9. The van der Waals surface area contributed by atoms with E-state index in [1.807, 2.05) is 82.0 Å². The van der Waals surface area contributed by atoms with Gasteiger partial charge in [-0.1, -0.05) is 31.2 Å². The summed E-state index contributed by atoms with van der Waals surface area (Å²) in [5, 5.41) is 0. The molecule has 32 heavy (non-hydrogen) atoms. The van der Waals surface area contributed by atoms with Gasteiger partial charge in [0.25, 0.3) is 5.91 Å². The van der Waals surface area contributed by atoms with Crippen molar-refractivity contribution in [3.8, 4) is 0 Å². The smallest absolute Gasteiger partial charge is 0.416 e. The average molecular weight is 438 g/mol. The van der Waals surface area contributed by atoms with Crippen molar-refractivity contribution < 1.29 is 14.3 Å². The van der Waals surface area contributed by atoms with Gasteiger partial charge in [-0.15, -0.1) is 0 Å². The van der Waals surface area contributed by atoms with Crippen molar-refractivity contribution in [3.63, 3.8) is 0 Å². The SMILES string of the molecule is CC[C@H](C)N(C(=O)OC(C)(C)C)c1ccc([C@@H]2CCCCN2C(=O)c2ccccc2)cn1. The van der Waals surface area contributed by atoms with Crippen LogP contribution in [0.2, 0.25) is 0 Å². The Morgan fingerprint density at radius 3 is 2.47 bits per heavy atom. The van der Waals surface area contributed by atoms with Crippen LogP contribution in [0.15, 0.2) is 48.7 Å². The lowest BCUT2D eigenvalue weighted by atomic mass is 9.95. The highest BCUT2D eigenvalue weighted by molar-refractivity contribution is 5.94. The Labute approximate surface area is 191 Å². The third kappa shape index (κ3) is 5.67. The number of hydrogen-bond acceptors (Lipinski definition) is 4. The van der Waals surface area contributed by atoms with E-state index in [9.17, 15) is 9.59 Å². The number of rotatable bonds is 5. The number of carbonyl (C=O) groups is 2. The second-order valence-electron chi connectivity index (χ2n) is 9.43. The maximum Gasteiger partial charge on any atom is 0.416 e. The molecule has 0 aliphatic carbocycles. The largest absolute Gasteiger partial charge is 0.443 e. The van der Waals surface area contributed by atoms with E-state index in [-0.39, 0.29) is 18.0 Å². The molecule has 1 aliphatic heterocycles. The predicted molar refractivity (Wildman–Crippen MR) is 127 cm³/mol. The van der Waals surface area contributed by atoms with Crippen molar-refractivity contribution in [2.75, 3.05) is 11.4 Å². The summed E-state index contributed by atoms with van der Waals surface area (Å²) in [6.45, 7) is 10.3. The monoisotopic (exact) mass is 437 g/mol. The van der Waals surface area contributed by atoms with Crippen LogP contribution in [0, 0.1) is 0 Å². The van der Waals surface area contributed by atoms with Crippen LogP contribution in [0.25, 0.3) is 0 Å². The van der Waals surface area contributed by atoms with E-state index in [4.69, 9.17) is 4.74 Å². The Hall–Kier alpha value is -2.89. The van der Waals surface area contributed by atoms with Gasteiger partial charge in [0, 0.05) is 24.3 Å². The minimum absolute atomic E-state index is 0.0171. The highest BCUT2D eigenvalue weighted by atomic mass is 16.6. The molecule has 1 aromatic heterocycles. The number of carbonyl (C=O) groups excluding carboxylic acids is 2. The van der Waals surface area contributed by atoms with Crippen LogP contribution in [0.4, 0.5) is 10.6 Å². The Morgan fingerprint density at radius 1 is 1.16 bits per heavy atom. The molecule has 2 heterocycles. The van der Waals surface area contributed by atoms with E-state index in [0.717, 1.165) is 37.8 Å². The molecule has 6 nitrogen and oxygen atoms in total. The molecule has 6 heteroatoms. The number of pyridine rings is 1. The average Bonchev–Trinajstić information content (AvgIpc) is 2.78. The summed E-state index contributed by atoms with van der Waals surface area (Å²) in [6, 6.07) is 13.2. The standard InChI is InChI=1S/C26H35N3O3/c1-6-19(2)29(25(31)32-26(3,4)5)23-16-15-21(18-27-23)22-14-10-11-17-28(22)24(30)20-12-8-7-9-13-20/h7-9,12-13,15-16,18-19,22H,6,10-11,14,17H2,1-5H3/t19-,22-/m0/s1. The van der Waals surface area contributed by atoms with Crippen molar-refractivity contribution in [1.82, 2.24) is 9.88 Å². The zero-order valence-corrected chi connectivity index (χ0v) is 19.9. The number of likely N-dealkylation sites (tertiary alicyclic amines) is 1. The summed E-state index contributed by atoms with van der Waals surface area (Å²) in [4.78, 5) is 34.2. The van der Waals surface area contributed by atoms with Crippen LogP contribution >= 0.6 is 0 Å². The molecule has 0 bridgehead atoms. The lowest BCUT2D eigenvalue weighted by Crippen LogP contribution is -2.42. The first-order valence-corrected chi connectivity index (χ1v) is 11.6. The van der Waals surface area contributed by atoms with Gasteiger partial charge in [0.15, 0.2) is 0 Å². The van der Waals surface area contributed by atoms with Crippen LogP contribution in [0.3, 0.4) is 0 Å². The molecule has 1 saturated heterocycles. The highest BCUT2D eigenvalue weighted by Gasteiger charge is 2.31. The fourth-order valence-corrected chi connectivity index (χ4v) is 4.00. The highest BCUT2D eigenvalue weighted by Crippen LogP contribution is 2.33. The summed E-state index contributed by atoms with van der Waals surface area (Å²) in [5.41, 5.74) is 1.12. The Balaban J connectivity index is 1.84. The topological polar surface area (TPSA) is 62.7 Å². The number of anilines is 1. The molecular formula is C26H35N3O3. The maximum absolute atomic E-state index is 13.1. The zero-order chi connectivity index (χ0) is 23.3. The fourth-order valence-electron chi connectivity index (χ4n) is 4.00. The Kier molecular flexibility index (Phi) is 7.54. The van der Waals surface area contributed by atoms with Crippen molar-refractivity contribution in [2.24, 2.45) is 0 Å².